The monoisotopic (exact) mass is 543 g/mol. The van der Waals surface area contributed by atoms with Crippen LogP contribution in [0.4, 0.5) is 5.82 Å². The number of pyridine rings is 1. The van der Waals surface area contributed by atoms with Crippen LogP contribution < -0.4 is 15.8 Å². The molecule has 1 atom stereocenters. The van der Waals surface area contributed by atoms with Crippen molar-refractivity contribution in [2.45, 2.75) is 40.2 Å². The lowest BCUT2D eigenvalue weighted by molar-refractivity contribution is -0.145. The van der Waals surface area contributed by atoms with Gasteiger partial charge in [-0.2, -0.15) is 0 Å². The summed E-state index contributed by atoms with van der Waals surface area (Å²) in [5.41, 5.74) is 1.00. The van der Waals surface area contributed by atoms with Crippen molar-refractivity contribution in [1.29, 1.82) is 0 Å². The van der Waals surface area contributed by atoms with Crippen LogP contribution in [-0.2, 0) is 19.1 Å². The molecule has 12 heteroatoms. The van der Waals surface area contributed by atoms with Crippen molar-refractivity contribution in [3.05, 3.63) is 44.7 Å². The Morgan fingerprint density at radius 3 is 2.78 bits per heavy atom. The summed E-state index contributed by atoms with van der Waals surface area (Å²) in [6, 6.07) is 2.63. The second-order valence-electron chi connectivity index (χ2n) is 9.28. The molecule has 0 saturated carbocycles. The summed E-state index contributed by atoms with van der Waals surface area (Å²) in [7, 11) is 0. The molecule has 4 heterocycles. The van der Waals surface area contributed by atoms with Crippen molar-refractivity contribution >= 4 is 63.6 Å². The number of piperazine rings is 1. The number of anilines is 1. The molecular formula is C25H29N5O5S2. The first-order valence-corrected chi connectivity index (χ1v) is 13.3. The number of nitrogens with zero attached hydrogens (tertiary/aromatic N) is 4. The highest BCUT2D eigenvalue weighted by Gasteiger charge is 2.37. The summed E-state index contributed by atoms with van der Waals surface area (Å²) in [4.78, 5) is 60.4. The highest BCUT2D eigenvalue weighted by molar-refractivity contribution is 8.26. The van der Waals surface area contributed by atoms with E-state index in [9.17, 15) is 19.2 Å². The smallest absolute Gasteiger partial charge is 0.308 e. The standard InChI is InChI=1S/C25H29N5O5S2/c1-5-35-20(31)11-17-22(32)26-8-9-28(17)21-16(23(33)29-13-15(4)6-7-19(29)27-21)10-18-24(34)30(12-14(2)3)25(36)37-18/h6-7,10,13-14,17H,5,8-9,11-12H2,1-4H3,(H,26,32)/b18-10-/t17-/m1/s1. The molecule has 2 aliphatic rings. The lowest BCUT2D eigenvalue weighted by Gasteiger charge is -2.36. The van der Waals surface area contributed by atoms with Crippen molar-refractivity contribution < 1.29 is 19.1 Å². The van der Waals surface area contributed by atoms with E-state index in [1.54, 1.807) is 24.1 Å². The number of fused-ring (bicyclic) bond motifs is 1. The third kappa shape index (κ3) is 5.54. The Kier molecular flexibility index (Phi) is 7.98. The van der Waals surface area contributed by atoms with Crippen LogP contribution in [0, 0.1) is 12.8 Å². The van der Waals surface area contributed by atoms with E-state index < -0.39 is 17.6 Å². The SMILES string of the molecule is CCOC(=O)C[C@@H]1C(=O)NCCN1c1nc2ccc(C)cn2c(=O)c1/C=C1\SC(=S)N(CC(C)C)C1=O. The van der Waals surface area contributed by atoms with E-state index in [4.69, 9.17) is 21.9 Å². The van der Waals surface area contributed by atoms with Gasteiger partial charge in [-0.05, 0) is 37.5 Å². The van der Waals surface area contributed by atoms with Gasteiger partial charge in [-0.3, -0.25) is 28.5 Å². The summed E-state index contributed by atoms with van der Waals surface area (Å²) in [5.74, 6) is -0.725. The molecule has 4 rings (SSSR count). The van der Waals surface area contributed by atoms with Crippen molar-refractivity contribution in [3.63, 3.8) is 0 Å². The maximum atomic E-state index is 13.8. The molecule has 37 heavy (non-hydrogen) atoms. The minimum Gasteiger partial charge on any atom is -0.466 e. The number of aromatic nitrogens is 2. The van der Waals surface area contributed by atoms with Crippen molar-refractivity contribution in [2.75, 3.05) is 31.1 Å². The first-order chi connectivity index (χ1) is 17.6. The summed E-state index contributed by atoms with van der Waals surface area (Å²) < 4.78 is 6.93. The first kappa shape index (κ1) is 26.8. The quantitative estimate of drug-likeness (QED) is 0.319. The van der Waals surface area contributed by atoms with Gasteiger partial charge in [0.05, 0.1) is 23.5 Å². The fourth-order valence-corrected chi connectivity index (χ4v) is 5.55. The molecule has 2 fully saturated rings. The maximum absolute atomic E-state index is 13.8. The summed E-state index contributed by atoms with van der Waals surface area (Å²) >= 11 is 6.57. The summed E-state index contributed by atoms with van der Waals surface area (Å²) in [5, 5.41) is 2.77. The number of thiocarbonyl (C=S) groups is 1. The number of carbonyl (C=O) groups is 3. The third-order valence-corrected chi connectivity index (χ3v) is 7.33. The van der Waals surface area contributed by atoms with Crippen LogP contribution in [0.2, 0.25) is 0 Å². The molecule has 2 aromatic heterocycles. The van der Waals surface area contributed by atoms with Crippen molar-refractivity contribution in [1.82, 2.24) is 19.6 Å². The van der Waals surface area contributed by atoms with Gasteiger partial charge in [0.25, 0.3) is 11.5 Å². The molecule has 2 aliphatic heterocycles. The highest BCUT2D eigenvalue weighted by atomic mass is 32.2. The van der Waals surface area contributed by atoms with Crippen LogP contribution in [0.3, 0.4) is 0 Å². The molecule has 0 aromatic carbocycles. The lowest BCUT2D eigenvalue weighted by atomic mass is 10.1. The average molecular weight is 544 g/mol. The van der Waals surface area contributed by atoms with E-state index >= 15 is 0 Å². The fourth-order valence-electron chi connectivity index (χ4n) is 4.29. The van der Waals surface area contributed by atoms with E-state index in [-0.39, 0.29) is 42.1 Å². The maximum Gasteiger partial charge on any atom is 0.308 e. The molecule has 10 nitrogen and oxygen atoms in total. The predicted molar refractivity (Wildman–Crippen MR) is 146 cm³/mol. The fraction of sp³-hybridized carbons (Fsp3) is 0.440. The molecule has 2 amide bonds. The van der Waals surface area contributed by atoms with Crippen LogP contribution in [0.15, 0.2) is 28.0 Å². The number of amides is 2. The Bertz CT molecular complexity index is 1370. The van der Waals surface area contributed by atoms with Gasteiger partial charge in [0.15, 0.2) is 0 Å². The van der Waals surface area contributed by atoms with Gasteiger partial charge >= 0.3 is 5.97 Å². The molecule has 0 unspecified atom stereocenters. The predicted octanol–water partition coefficient (Wildman–Crippen LogP) is 2.12. The minimum atomic E-state index is -0.921. The van der Waals surface area contributed by atoms with Gasteiger partial charge in [-0.1, -0.05) is 43.9 Å². The number of rotatable bonds is 7. The summed E-state index contributed by atoms with van der Waals surface area (Å²) in [6.07, 6.45) is 2.98. The van der Waals surface area contributed by atoms with Crippen LogP contribution in [-0.4, -0.2) is 68.7 Å². The molecule has 2 saturated heterocycles. The second kappa shape index (κ2) is 11.0. The van der Waals surface area contributed by atoms with Gasteiger partial charge in [0.1, 0.15) is 21.8 Å². The Labute approximate surface area is 224 Å². The number of hydrogen-bond acceptors (Lipinski definition) is 9. The number of thioether (sulfide) groups is 1. The largest absolute Gasteiger partial charge is 0.466 e. The third-order valence-electron chi connectivity index (χ3n) is 5.95. The van der Waals surface area contributed by atoms with Crippen LogP contribution in [0.5, 0.6) is 0 Å². The van der Waals surface area contributed by atoms with Crippen LogP contribution >= 0.6 is 24.0 Å². The molecule has 196 valence electrons. The Morgan fingerprint density at radius 1 is 1.32 bits per heavy atom. The number of esters is 1. The van der Waals surface area contributed by atoms with E-state index in [0.29, 0.717) is 34.5 Å². The van der Waals surface area contributed by atoms with Gasteiger partial charge < -0.3 is 15.0 Å². The zero-order chi connectivity index (χ0) is 26.9. The number of carbonyl (C=O) groups excluding carboxylic acids is 3. The molecule has 1 N–H and O–H groups in total. The van der Waals surface area contributed by atoms with Gasteiger partial charge in [0, 0.05) is 25.8 Å². The van der Waals surface area contributed by atoms with E-state index in [0.717, 1.165) is 17.3 Å². The molecule has 2 aromatic rings. The molecule has 0 spiro atoms. The van der Waals surface area contributed by atoms with Gasteiger partial charge in [0.2, 0.25) is 5.91 Å². The average Bonchev–Trinajstić information content (AvgIpc) is 3.09. The second-order valence-corrected chi connectivity index (χ2v) is 11.0. The zero-order valence-corrected chi connectivity index (χ0v) is 22.8. The van der Waals surface area contributed by atoms with Crippen LogP contribution in [0.25, 0.3) is 11.7 Å². The van der Waals surface area contributed by atoms with Crippen molar-refractivity contribution in [3.8, 4) is 0 Å². The molecule has 0 bridgehead atoms. The number of aryl methyl sites for hydroxylation is 1. The summed E-state index contributed by atoms with van der Waals surface area (Å²) in [6.45, 7) is 8.82. The Balaban J connectivity index is 1.87. The Morgan fingerprint density at radius 2 is 2.08 bits per heavy atom. The zero-order valence-electron chi connectivity index (χ0n) is 21.1. The van der Waals surface area contributed by atoms with Crippen LogP contribution in [0.1, 0.15) is 38.3 Å². The van der Waals surface area contributed by atoms with E-state index in [2.05, 4.69) is 5.32 Å². The molecular weight excluding hydrogens is 514 g/mol. The molecule has 0 aliphatic carbocycles. The van der Waals surface area contributed by atoms with Crippen molar-refractivity contribution in [2.24, 2.45) is 5.92 Å². The van der Waals surface area contributed by atoms with Gasteiger partial charge in [-0.15, -0.1) is 0 Å². The van der Waals surface area contributed by atoms with E-state index in [1.165, 1.54) is 15.4 Å². The van der Waals surface area contributed by atoms with Gasteiger partial charge in [-0.25, -0.2) is 4.98 Å². The Hall–Kier alpha value is -3.25. The topological polar surface area (TPSA) is 113 Å². The minimum absolute atomic E-state index is 0.150. The highest BCUT2D eigenvalue weighted by Crippen LogP contribution is 2.34. The normalized spacial score (nSPS) is 19.3. The number of ether oxygens (including phenoxy) is 1. The van der Waals surface area contributed by atoms with E-state index in [1.807, 2.05) is 26.8 Å². The number of hydrogen-bond donors (Lipinski definition) is 1. The lowest BCUT2D eigenvalue weighted by Crippen LogP contribution is -2.57. The first-order valence-electron chi connectivity index (χ1n) is 12.1. The molecule has 0 radical (unpaired) electrons. The number of nitrogens with one attached hydrogen (secondary N) is 1.